The third-order valence-corrected chi connectivity index (χ3v) is 1.64. The fourth-order valence-electron chi connectivity index (χ4n) is 1.08. The van der Waals surface area contributed by atoms with Gasteiger partial charge in [0.05, 0.1) is 12.4 Å². The van der Waals surface area contributed by atoms with Crippen LogP contribution in [0.2, 0.25) is 0 Å². The Hall–Kier alpha value is -1.84. The number of imidazole rings is 1. The van der Waals surface area contributed by atoms with E-state index >= 15 is 0 Å². The van der Waals surface area contributed by atoms with Crippen LogP contribution in [0.25, 0.3) is 5.65 Å². The Bertz CT molecular complexity index is 434. The summed E-state index contributed by atoms with van der Waals surface area (Å²) >= 11 is 0. The molecule has 0 fully saturated rings. The van der Waals surface area contributed by atoms with Crippen LogP contribution in [-0.2, 0) is 0 Å². The van der Waals surface area contributed by atoms with Crippen LogP contribution in [-0.4, -0.2) is 20.8 Å². The van der Waals surface area contributed by atoms with Gasteiger partial charge in [-0.05, 0) is 12.1 Å². The highest BCUT2D eigenvalue weighted by Crippen LogP contribution is 2.11. The van der Waals surface area contributed by atoms with E-state index < -0.39 is 0 Å². The predicted molar refractivity (Wildman–Crippen MR) is 42.2 cm³/mol. The lowest BCUT2D eigenvalue weighted by Crippen LogP contribution is -1.88. The SMILES string of the molecule is O=Cc1cnc2ccc(O)cn12. The maximum absolute atomic E-state index is 10.5. The van der Waals surface area contributed by atoms with Crippen molar-refractivity contribution in [1.82, 2.24) is 9.38 Å². The monoisotopic (exact) mass is 162 g/mol. The number of fused-ring (bicyclic) bond motifs is 1. The molecule has 2 aromatic heterocycles. The van der Waals surface area contributed by atoms with Crippen LogP contribution in [0.3, 0.4) is 0 Å². The first-order valence-electron chi connectivity index (χ1n) is 3.42. The van der Waals surface area contributed by atoms with E-state index in [1.165, 1.54) is 22.9 Å². The van der Waals surface area contributed by atoms with Gasteiger partial charge in [-0.2, -0.15) is 0 Å². The zero-order valence-electron chi connectivity index (χ0n) is 6.14. The highest BCUT2D eigenvalue weighted by molar-refractivity contribution is 5.73. The van der Waals surface area contributed by atoms with Crippen LogP contribution >= 0.6 is 0 Å². The van der Waals surface area contributed by atoms with Gasteiger partial charge in [-0.25, -0.2) is 4.98 Å². The number of carbonyl (C=O) groups excluding carboxylic acids is 1. The second-order valence-electron chi connectivity index (χ2n) is 2.42. The van der Waals surface area contributed by atoms with E-state index in [2.05, 4.69) is 4.98 Å². The molecule has 0 aliphatic rings. The van der Waals surface area contributed by atoms with E-state index in [1.807, 2.05) is 0 Å². The molecule has 1 N–H and O–H groups in total. The average molecular weight is 162 g/mol. The Morgan fingerprint density at radius 2 is 2.33 bits per heavy atom. The van der Waals surface area contributed by atoms with Gasteiger partial charge < -0.3 is 5.11 Å². The lowest BCUT2D eigenvalue weighted by molar-refractivity contribution is 0.111. The van der Waals surface area contributed by atoms with E-state index in [9.17, 15) is 4.79 Å². The average Bonchev–Trinajstić information content (AvgIpc) is 2.46. The van der Waals surface area contributed by atoms with Crippen molar-refractivity contribution in [3.63, 3.8) is 0 Å². The lowest BCUT2D eigenvalue weighted by atomic mass is 10.4. The number of aromatic hydroxyl groups is 1. The number of hydrogen-bond donors (Lipinski definition) is 1. The van der Waals surface area contributed by atoms with Crippen molar-refractivity contribution >= 4 is 11.9 Å². The molecule has 0 unspecified atom stereocenters. The number of pyridine rings is 1. The predicted octanol–water partition coefficient (Wildman–Crippen LogP) is 0.852. The van der Waals surface area contributed by atoms with E-state index in [1.54, 1.807) is 6.07 Å². The molecule has 0 atom stereocenters. The van der Waals surface area contributed by atoms with Crippen LogP contribution in [0.1, 0.15) is 10.5 Å². The van der Waals surface area contributed by atoms with Gasteiger partial charge in [0, 0.05) is 0 Å². The summed E-state index contributed by atoms with van der Waals surface area (Å²) in [5, 5.41) is 9.10. The Morgan fingerprint density at radius 3 is 3.08 bits per heavy atom. The number of hydrogen-bond acceptors (Lipinski definition) is 3. The zero-order chi connectivity index (χ0) is 8.55. The third kappa shape index (κ3) is 0.852. The van der Waals surface area contributed by atoms with Crippen molar-refractivity contribution < 1.29 is 9.90 Å². The summed E-state index contributed by atoms with van der Waals surface area (Å²) in [5.41, 5.74) is 1.08. The number of aldehydes is 1. The minimum Gasteiger partial charge on any atom is -0.506 e. The molecule has 0 saturated heterocycles. The van der Waals surface area contributed by atoms with Gasteiger partial charge in [0.1, 0.15) is 17.1 Å². The van der Waals surface area contributed by atoms with E-state index in [0.29, 0.717) is 17.6 Å². The third-order valence-electron chi connectivity index (χ3n) is 1.64. The molecule has 4 nitrogen and oxygen atoms in total. The van der Waals surface area contributed by atoms with Crippen molar-refractivity contribution in [3.05, 3.63) is 30.2 Å². The summed E-state index contributed by atoms with van der Waals surface area (Å²) in [4.78, 5) is 14.4. The maximum atomic E-state index is 10.5. The van der Waals surface area contributed by atoms with E-state index in [-0.39, 0.29) is 5.75 Å². The molecule has 2 heterocycles. The molecule has 0 spiro atoms. The molecule has 0 aliphatic carbocycles. The zero-order valence-corrected chi connectivity index (χ0v) is 6.14. The molecular weight excluding hydrogens is 156 g/mol. The van der Waals surface area contributed by atoms with E-state index in [4.69, 9.17) is 5.11 Å². The van der Waals surface area contributed by atoms with Gasteiger partial charge in [0.2, 0.25) is 0 Å². The highest BCUT2D eigenvalue weighted by Gasteiger charge is 2.00. The van der Waals surface area contributed by atoms with Crippen LogP contribution < -0.4 is 0 Å². The quantitative estimate of drug-likeness (QED) is 0.632. The first kappa shape index (κ1) is 6.84. The Kier molecular flexibility index (Phi) is 1.33. The minimum atomic E-state index is 0.114. The normalized spacial score (nSPS) is 10.3. The van der Waals surface area contributed by atoms with Gasteiger partial charge >= 0.3 is 0 Å². The second kappa shape index (κ2) is 2.34. The highest BCUT2D eigenvalue weighted by atomic mass is 16.3. The Balaban J connectivity index is 2.83. The van der Waals surface area contributed by atoms with Gasteiger partial charge in [0.25, 0.3) is 0 Å². The number of rotatable bonds is 1. The summed E-state index contributed by atoms with van der Waals surface area (Å²) < 4.78 is 1.53. The molecule has 2 rings (SSSR count). The van der Waals surface area contributed by atoms with Crippen LogP contribution in [0.4, 0.5) is 0 Å². The van der Waals surface area contributed by atoms with Crippen LogP contribution in [0.15, 0.2) is 24.5 Å². The molecule has 12 heavy (non-hydrogen) atoms. The molecule has 0 aliphatic heterocycles. The molecule has 0 bridgehead atoms. The molecular formula is C8H6N2O2. The van der Waals surface area contributed by atoms with Gasteiger partial charge in [-0.1, -0.05) is 0 Å². The smallest absolute Gasteiger partial charge is 0.168 e. The first-order valence-corrected chi connectivity index (χ1v) is 3.42. The van der Waals surface area contributed by atoms with Crippen molar-refractivity contribution in [2.45, 2.75) is 0 Å². The van der Waals surface area contributed by atoms with Crippen molar-refractivity contribution in [2.75, 3.05) is 0 Å². The minimum absolute atomic E-state index is 0.114. The van der Waals surface area contributed by atoms with E-state index in [0.717, 1.165) is 0 Å². The van der Waals surface area contributed by atoms with Gasteiger partial charge in [-0.3, -0.25) is 9.20 Å². The molecule has 0 saturated carbocycles. The van der Waals surface area contributed by atoms with Crippen molar-refractivity contribution in [2.24, 2.45) is 0 Å². The number of aromatic nitrogens is 2. The summed E-state index contributed by atoms with van der Waals surface area (Å²) in [7, 11) is 0. The molecule has 4 heteroatoms. The Morgan fingerprint density at radius 1 is 1.50 bits per heavy atom. The standard InChI is InChI=1S/C8H6N2O2/c11-5-6-3-9-8-2-1-7(12)4-10(6)8/h1-5,12H. The number of nitrogens with zero attached hydrogens (tertiary/aromatic N) is 2. The molecule has 0 amide bonds. The fraction of sp³-hybridized carbons (Fsp3) is 0. The summed E-state index contributed by atoms with van der Waals surface area (Å²) in [6, 6.07) is 3.17. The summed E-state index contributed by atoms with van der Waals surface area (Å²) in [5.74, 6) is 0.114. The van der Waals surface area contributed by atoms with Crippen LogP contribution in [0, 0.1) is 0 Å². The molecule has 0 aromatic carbocycles. The Labute approximate surface area is 68.1 Å². The molecule has 60 valence electrons. The summed E-state index contributed by atoms with van der Waals surface area (Å²) in [6.07, 6.45) is 3.60. The van der Waals surface area contributed by atoms with Crippen molar-refractivity contribution in [3.8, 4) is 5.75 Å². The van der Waals surface area contributed by atoms with Crippen LogP contribution in [0.5, 0.6) is 5.75 Å². The van der Waals surface area contributed by atoms with Gasteiger partial charge in [-0.15, -0.1) is 0 Å². The van der Waals surface area contributed by atoms with Crippen molar-refractivity contribution in [1.29, 1.82) is 0 Å². The molecule has 0 radical (unpaired) electrons. The maximum Gasteiger partial charge on any atom is 0.168 e. The topological polar surface area (TPSA) is 54.6 Å². The largest absolute Gasteiger partial charge is 0.506 e. The number of carbonyl (C=O) groups is 1. The fourth-order valence-corrected chi connectivity index (χ4v) is 1.08. The molecule has 2 aromatic rings. The second-order valence-corrected chi connectivity index (χ2v) is 2.42. The first-order chi connectivity index (χ1) is 5.81. The van der Waals surface area contributed by atoms with Gasteiger partial charge in [0.15, 0.2) is 6.29 Å². The summed E-state index contributed by atoms with van der Waals surface area (Å²) in [6.45, 7) is 0. The lowest BCUT2D eigenvalue weighted by Gasteiger charge is -1.95.